The molecule has 1 aromatic heterocycles. The molecule has 0 saturated carbocycles. The van der Waals surface area contributed by atoms with Gasteiger partial charge in [0.05, 0.1) is 18.1 Å². The van der Waals surface area contributed by atoms with E-state index in [0.29, 0.717) is 0 Å². The number of fused-ring (bicyclic) bond motifs is 1. The Morgan fingerprint density at radius 3 is 2.89 bits per heavy atom. The third kappa shape index (κ3) is 3.07. The lowest BCUT2D eigenvalue weighted by Gasteiger charge is -2.08. The van der Waals surface area contributed by atoms with Gasteiger partial charge in [-0.15, -0.1) is 0 Å². The van der Waals surface area contributed by atoms with Gasteiger partial charge in [-0.3, -0.25) is 0 Å². The molecule has 0 fully saturated rings. The molecule has 104 valence electrons. The fourth-order valence-corrected chi connectivity index (χ4v) is 2.28. The topological polar surface area (TPSA) is 39.1 Å². The molecule has 1 N–H and O–H groups in total. The maximum atomic E-state index is 5.27. The monoisotopic (exact) mass is 261 g/mol. The average Bonchev–Trinajstić information content (AvgIpc) is 2.79. The van der Waals surface area contributed by atoms with Gasteiger partial charge in [0.25, 0.3) is 0 Å². The summed E-state index contributed by atoms with van der Waals surface area (Å²) in [6.07, 6.45) is 3.34. The second-order valence-electron chi connectivity index (χ2n) is 4.74. The standard InChI is InChI=1S/C15H23N3O/c1-4-5-10-18-14-7-6-12(19-3)11-13(14)17-15(18)8-9-16-2/h6-7,11,16H,4-5,8-10H2,1-3H3. The number of ether oxygens (including phenoxy) is 1. The summed E-state index contributed by atoms with van der Waals surface area (Å²) >= 11 is 0. The maximum Gasteiger partial charge on any atom is 0.121 e. The van der Waals surface area contributed by atoms with E-state index in [4.69, 9.17) is 9.72 Å². The minimum absolute atomic E-state index is 0.868. The summed E-state index contributed by atoms with van der Waals surface area (Å²) in [7, 11) is 3.67. The van der Waals surface area contributed by atoms with Crippen LogP contribution in [0.3, 0.4) is 0 Å². The molecule has 0 amide bonds. The molecule has 2 aromatic rings. The van der Waals surface area contributed by atoms with Crippen molar-refractivity contribution in [3.05, 3.63) is 24.0 Å². The molecule has 0 bridgehead atoms. The van der Waals surface area contributed by atoms with Crippen LogP contribution in [0.4, 0.5) is 0 Å². The van der Waals surface area contributed by atoms with Crippen LogP contribution in [0, 0.1) is 0 Å². The molecule has 0 unspecified atom stereocenters. The fraction of sp³-hybridized carbons (Fsp3) is 0.533. The van der Waals surface area contributed by atoms with Gasteiger partial charge in [0.1, 0.15) is 11.6 Å². The summed E-state index contributed by atoms with van der Waals surface area (Å²) in [5.74, 6) is 2.03. The van der Waals surface area contributed by atoms with Crippen LogP contribution in [0.15, 0.2) is 18.2 Å². The minimum atomic E-state index is 0.868. The fourth-order valence-electron chi connectivity index (χ4n) is 2.28. The molecule has 0 radical (unpaired) electrons. The number of aromatic nitrogens is 2. The lowest BCUT2D eigenvalue weighted by Crippen LogP contribution is -2.14. The highest BCUT2D eigenvalue weighted by atomic mass is 16.5. The number of imidazole rings is 1. The Morgan fingerprint density at radius 1 is 1.37 bits per heavy atom. The lowest BCUT2D eigenvalue weighted by molar-refractivity contribution is 0.415. The molecule has 0 spiro atoms. The van der Waals surface area contributed by atoms with E-state index in [-0.39, 0.29) is 0 Å². The summed E-state index contributed by atoms with van der Waals surface area (Å²) in [5.41, 5.74) is 2.24. The summed E-state index contributed by atoms with van der Waals surface area (Å²) in [4.78, 5) is 4.75. The van der Waals surface area contributed by atoms with Gasteiger partial charge in [-0.05, 0) is 25.6 Å². The molecular formula is C15H23N3O. The van der Waals surface area contributed by atoms with E-state index >= 15 is 0 Å². The van der Waals surface area contributed by atoms with E-state index in [1.807, 2.05) is 19.2 Å². The minimum Gasteiger partial charge on any atom is -0.497 e. The Balaban J connectivity index is 2.39. The molecule has 0 atom stereocenters. The van der Waals surface area contributed by atoms with Crippen molar-refractivity contribution >= 4 is 11.0 Å². The largest absolute Gasteiger partial charge is 0.497 e. The zero-order chi connectivity index (χ0) is 13.7. The first-order valence-corrected chi connectivity index (χ1v) is 6.98. The maximum absolute atomic E-state index is 5.27. The van der Waals surface area contributed by atoms with E-state index in [1.165, 1.54) is 18.4 Å². The Bertz CT molecular complexity index is 533. The van der Waals surface area contributed by atoms with Crippen LogP contribution in [-0.4, -0.2) is 30.3 Å². The van der Waals surface area contributed by atoms with Crippen LogP contribution < -0.4 is 10.1 Å². The number of methoxy groups -OCH3 is 1. The third-order valence-corrected chi connectivity index (χ3v) is 3.37. The molecule has 1 aromatic carbocycles. The first-order valence-electron chi connectivity index (χ1n) is 6.98. The van der Waals surface area contributed by atoms with Crippen LogP contribution in [-0.2, 0) is 13.0 Å². The van der Waals surface area contributed by atoms with Crippen molar-refractivity contribution in [2.45, 2.75) is 32.7 Å². The molecule has 0 aliphatic heterocycles. The highest BCUT2D eigenvalue weighted by molar-refractivity contribution is 5.77. The normalized spacial score (nSPS) is 11.1. The molecule has 1 heterocycles. The van der Waals surface area contributed by atoms with Crippen molar-refractivity contribution in [2.24, 2.45) is 0 Å². The first-order chi connectivity index (χ1) is 9.30. The van der Waals surface area contributed by atoms with Crippen molar-refractivity contribution in [1.82, 2.24) is 14.9 Å². The zero-order valence-corrected chi connectivity index (χ0v) is 12.1. The van der Waals surface area contributed by atoms with Crippen LogP contribution >= 0.6 is 0 Å². The van der Waals surface area contributed by atoms with Crippen LogP contribution in [0.25, 0.3) is 11.0 Å². The Morgan fingerprint density at radius 2 is 2.21 bits per heavy atom. The number of likely N-dealkylation sites (N-methyl/N-ethyl adjacent to an activating group) is 1. The molecule has 4 nitrogen and oxygen atoms in total. The summed E-state index contributed by atoms with van der Waals surface area (Å²) in [6.45, 7) is 4.21. The third-order valence-electron chi connectivity index (χ3n) is 3.37. The van der Waals surface area contributed by atoms with E-state index in [9.17, 15) is 0 Å². The van der Waals surface area contributed by atoms with Gasteiger partial charge < -0.3 is 14.6 Å². The number of aryl methyl sites for hydroxylation is 1. The van der Waals surface area contributed by atoms with Crippen molar-refractivity contribution in [1.29, 1.82) is 0 Å². The molecule has 2 rings (SSSR count). The second kappa shape index (κ2) is 6.57. The van der Waals surface area contributed by atoms with Crippen molar-refractivity contribution in [3.63, 3.8) is 0 Å². The van der Waals surface area contributed by atoms with E-state index < -0.39 is 0 Å². The molecule has 4 heteroatoms. The quantitative estimate of drug-likeness (QED) is 0.832. The van der Waals surface area contributed by atoms with Crippen LogP contribution in [0.5, 0.6) is 5.75 Å². The lowest BCUT2D eigenvalue weighted by atomic mass is 10.2. The van der Waals surface area contributed by atoms with Gasteiger partial charge in [0.15, 0.2) is 0 Å². The van der Waals surface area contributed by atoms with Gasteiger partial charge in [0.2, 0.25) is 0 Å². The molecular weight excluding hydrogens is 238 g/mol. The first kappa shape index (κ1) is 13.9. The predicted molar refractivity (Wildman–Crippen MR) is 78.8 cm³/mol. The molecule has 0 saturated heterocycles. The predicted octanol–water partition coefficient (Wildman–Crippen LogP) is 2.61. The smallest absolute Gasteiger partial charge is 0.121 e. The van der Waals surface area contributed by atoms with Crippen LogP contribution in [0.2, 0.25) is 0 Å². The SMILES string of the molecule is CCCCn1c(CCNC)nc2cc(OC)ccc21. The molecule has 19 heavy (non-hydrogen) atoms. The van der Waals surface area contributed by atoms with Crippen molar-refractivity contribution in [2.75, 3.05) is 20.7 Å². The number of hydrogen-bond acceptors (Lipinski definition) is 3. The Hall–Kier alpha value is -1.55. The van der Waals surface area contributed by atoms with Gasteiger partial charge in [-0.25, -0.2) is 4.98 Å². The van der Waals surface area contributed by atoms with E-state index in [0.717, 1.165) is 36.6 Å². The van der Waals surface area contributed by atoms with E-state index in [2.05, 4.69) is 22.9 Å². The molecule has 0 aliphatic rings. The zero-order valence-electron chi connectivity index (χ0n) is 12.1. The number of nitrogens with zero attached hydrogens (tertiary/aromatic N) is 2. The van der Waals surface area contributed by atoms with Crippen LogP contribution in [0.1, 0.15) is 25.6 Å². The highest BCUT2D eigenvalue weighted by Crippen LogP contribution is 2.22. The Labute approximate surface area is 114 Å². The van der Waals surface area contributed by atoms with Gasteiger partial charge >= 0.3 is 0 Å². The van der Waals surface area contributed by atoms with Crippen molar-refractivity contribution < 1.29 is 4.74 Å². The number of hydrogen-bond donors (Lipinski definition) is 1. The Kier molecular flexibility index (Phi) is 4.80. The number of rotatable bonds is 7. The second-order valence-corrected chi connectivity index (χ2v) is 4.74. The van der Waals surface area contributed by atoms with E-state index in [1.54, 1.807) is 7.11 Å². The number of nitrogens with one attached hydrogen (secondary N) is 1. The van der Waals surface area contributed by atoms with Gasteiger partial charge in [-0.2, -0.15) is 0 Å². The summed E-state index contributed by atoms with van der Waals surface area (Å²) < 4.78 is 7.61. The summed E-state index contributed by atoms with van der Waals surface area (Å²) in [6, 6.07) is 6.13. The van der Waals surface area contributed by atoms with Crippen molar-refractivity contribution in [3.8, 4) is 5.75 Å². The average molecular weight is 261 g/mol. The molecule has 0 aliphatic carbocycles. The highest BCUT2D eigenvalue weighted by Gasteiger charge is 2.10. The summed E-state index contributed by atoms with van der Waals surface area (Å²) in [5, 5.41) is 3.19. The van der Waals surface area contributed by atoms with Gasteiger partial charge in [-0.1, -0.05) is 13.3 Å². The van der Waals surface area contributed by atoms with Gasteiger partial charge in [0, 0.05) is 25.6 Å². The number of benzene rings is 1. The number of unbranched alkanes of at least 4 members (excludes halogenated alkanes) is 1.